The summed E-state index contributed by atoms with van der Waals surface area (Å²) in [5.41, 5.74) is 3.56. The van der Waals surface area contributed by atoms with Crippen molar-refractivity contribution in [2.24, 2.45) is 0 Å². The molecule has 2 nitrogen and oxygen atoms in total. The molecular formula is C18H14N2S. The van der Waals surface area contributed by atoms with Crippen molar-refractivity contribution in [3.05, 3.63) is 76.9 Å². The lowest BCUT2D eigenvalue weighted by Gasteiger charge is -2.01. The van der Waals surface area contributed by atoms with Gasteiger partial charge >= 0.3 is 0 Å². The standard InChI is InChI=1S/C18H14N2S/c1-2-4-15-10-16(6-5-14(15)3-1)17-11-19-18(20-17)9-13-7-8-21-12-13/h1-8,10-12H,9H2,(H,19,20). The molecule has 4 aromatic rings. The van der Waals surface area contributed by atoms with Crippen LogP contribution in [0, 0.1) is 0 Å². The predicted octanol–water partition coefficient (Wildman–Crippen LogP) is 4.88. The molecule has 0 radical (unpaired) electrons. The average molecular weight is 290 g/mol. The van der Waals surface area contributed by atoms with Crippen molar-refractivity contribution in [1.82, 2.24) is 9.97 Å². The van der Waals surface area contributed by atoms with Gasteiger partial charge in [-0.2, -0.15) is 11.3 Å². The Balaban J connectivity index is 1.67. The van der Waals surface area contributed by atoms with Gasteiger partial charge in [0.1, 0.15) is 5.82 Å². The molecule has 21 heavy (non-hydrogen) atoms. The number of imidazole rings is 1. The summed E-state index contributed by atoms with van der Waals surface area (Å²) in [6.07, 6.45) is 2.78. The van der Waals surface area contributed by atoms with Crippen molar-refractivity contribution in [3.63, 3.8) is 0 Å². The highest BCUT2D eigenvalue weighted by atomic mass is 32.1. The number of hydrogen-bond acceptors (Lipinski definition) is 2. The van der Waals surface area contributed by atoms with Gasteiger partial charge in [-0.05, 0) is 39.2 Å². The largest absolute Gasteiger partial charge is 0.342 e. The van der Waals surface area contributed by atoms with Crippen molar-refractivity contribution < 1.29 is 0 Å². The van der Waals surface area contributed by atoms with E-state index < -0.39 is 0 Å². The quantitative estimate of drug-likeness (QED) is 0.572. The number of nitrogens with zero attached hydrogens (tertiary/aromatic N) is 1. The normalized spacial score (nSPS) is 11.0. The first-order valence-corrected chi connectivity index (χ1v) is 7.87. The van der Waals surface area contributed by atoms with Crippen molar-refractivity contribution in [2.45, 2.75) is 6.42 Å². The molecule has 102 valence electrons. The van der Waals surface area contributed by atoms with Crippen LogP contribution in [0.15, 0.2) is 65.5 Å². The minimum atomic E-state index is 0.858. The van der Waals surface area contributed by atoms with E-state index in [1.54, 1.807) is 11.3 Å². The minimum absolute atomic E-state index is 0.858. The third kappa shape index (κ3) is 2.48. The zero-order valence-electron chi connectivity index (χ0n) is 11.4. The molecular weight excluding hydrogens is 276 g/mol. The molecule has 0 aliphatic heterocycles. The highest BCUT2D eigenvalue weighted by Gasteiger charge is 2.05. The number of nitrogens with one attached hydrogen (secondary N) is 1. The van der Waals surface area contributed by atoms with Crippen LogP contribution in [0.25, 0.3) is 22.0 Å². The Morgan fingerprint density at radius 1 is 1.00 bits per heavy atom. The summed E-state index contributed by atoms with van der Waals surface area (Å²) in [5.74, 6) is 1.01. The van der Waals surface area contributed by atoms with Crippen LogP contribution in [-0.2, 0) is 6.42 Å². The highest BCUT2D eigenvalue weighted by Crippen LogP contribution is 2.23. The van der Waals surface area contributed by atoms with E-state index in [0.717, 1.165) is 17.9 Å². The maximum absolute atomic E-state index is 4.50. The summed E-state index contributed by atoms with van der Waals surface area (Å²) in [5, 5.41) is 6.78. The van der Waals surface area contributed by atoms with Crippen LogP contribution >= 0.6 is 11.3 Å². The first kappa shape index (κ1) is 12.4. The fourth-order valence-corrected chi connectivity index (χ4v) is 3.21. The molecule has 0 saturated carbocycles. The molecule has 0 bridgehead atoms. The van der Waals surface area contributed by atoms with E-state index in [4.69, 9.17) is 0 Å². The molecule has 3 heteroatoms. The Morgan fingerprint density at radius 2 is 1.90 bits per heavy atom. The van der Waals surface area contributed by atoms with E-state index in [1.165, 1.54) is 21.9 Å². The number of benzene rings is 2. The number of aromatic amines is 1. The van der Waals surface area contributed by atoms with Gasteiger partial charge in [0.25, 0.3) is 0 Å². The van der Waals surface area contributed by atoms with Gasteiger partial charge in [0.05, 0.1) is 11.9 Å². The molecule has 0 spiro atoms. The zero-order chi connectivity index (χ0) is 14.1. The Bertz CT molecular complexity index is 875. The molecule has 4 rings (SSSR count). The average Bonchev–Trinajstić information content (AvgIpc) is 3.19. The molecule has 2 aromatic carbocycles. The molecule has 2 heterocycles. The predicted molar refractivity (Wildman–Crippen MR) is 88.7 cm³/mol. The van der Waals surface area contributed by atoms with Crippen LogP contribution in [-0.4, -0.2) is 9.97 Å². The lowest BCUT2D eigenvalue weighted by atomic mass is 10.1. The number of thiophene rings is 1. The maximum Gasteiger partial charge on any atom is 0.110 e. The van der Waals surface area contributed by atoms with Gasteiger partial charge in [0.15, 0.2) is 0 Å². The highest BCUT2D eigenvalue weighted by molar-refractivity contribution is 7.07. The summed E-state index contributed by atoms with van der Waals surface area (Å²) in [6, 6.07) is 17.1. The summed E-state index contributed by atoms with van der Waals surface area (Å²) in [6.45, 7) is 0. The molecule has 0 aliphatic carbocycles. The number of fused-ring (bicyclic) bond motifs is 1. The minimum Gasteiger partial charge on any atom is -0.342 e. The Morgan fingerprint density at radius 3 is 2.76 bits per heavy atom. The van der Waals surface area contributed by atoms with Crippen molar-refractivity contribution >= 4 is 22.1 Å². The lowest BCUT2D eigenvalue weighted by Crippen LogP contribution is -1.88. The third-order valence-corrected chi connectivity index (χ3v) is 4.37. The summed E-state index contributed by atoms with van der Waals surface area (Å²) < 4.78 is 0. The van der Waals surface area contributed by atoms with Gasteiger partial charge in [-0.25, -0.2) is 4.98 Å². The number of aromatic nitrogens is 2. The smallest absolute Gasteiger partial charge is 0.110 e. The van der Waals surface area contributed by atoms with E-state index in [-0.39, 0.29) is 0 Å². The van der Waals surface area contributed by atoms with E-state index in [1.807, 2.05) is 6.20 Å². The number of H-pyrrole nitrogens is 1. The Kier molecular flexibility index (Phi) is 3.05. The molecule has 0 saturated heterocycles. The first-order valence-electron chi connectivity index (χ1n) is 6.93. The summed E-state index contributed by atoms with van der Waals surface area (Å²) in [7, 11) is 0. The lowest BCUT2D eigenvalue weighted by molar-refractivity contribution is 1.03. The van der Waals surface area contributed by atoms with Crippen molar-refractivity contribution in [3.8, 4) is 11.3 Å². The molecule has 0 atom stereocenters. The van der Waals surface area contributed by atoms with Gasteiger partial charge in [0.2, 0.25) is 0 Å². The molecule has 2 aromatic heterocycles. The van der Waals surface area contributed by atoms with Gasteiger partial charge in [-0.1, -0.05) is 36.4 Å². The van der Waals surface area contributed by atoms with Crippen LogP contribution in [0.1, 0.15) is 11.4 Å². The Labute approximate surface area is 127 Å². The fraction of sp³-hybridized carbons (Fsp3) is 0.0556. The van der Waals surface area contributed by atoms with E-state index in [2.05, 4.69) is 69.3 Å². The summed E-state index contributed by atoms with van der Waals surface area (Å²) >= 11 is 1.72. The van der Waals surface area contributed by atoms with Crippen LogP contribution in [0.5, 0.6) is 0 Å². The molecule has 1 N–H and O–H groups in total. The van der Waals surface area contributed by atoms with Gasteiger partial charge in [0, 0.05) is 12.0 Å². The van der Waals surface area contributed by atoms with Crippen LogP contribution < -0.4 is 0 Å². The van der Waals surface area contributed by atoms with Crippen LogP contribution in [0.4, 0.5) is 0 Å². The van der Waals surface area contributed by atoms with E-state index in [9.17, 15) is 0 Å². The Hall–Kier alpha value is -2.39. The second-order valence-electron chi connectivity index (χ2n) is 5.11. The van der Waals surface area contributed by atoms with E-state index in [0.29, 0.717) is 0 Å². The van der Waals surface area contributed by atoms with Crippen molar-refractivity contribution in [1.29, 1.82) is 0 Å². The number of hydrogen-bond donors (Lipinski definition) is 1. The second-order valence-corrected chi connectivity index (χ2v) is 5.89. The summed E-state index contributed by atoms with van der Waals surface area (Å²) in [4.78, 5) is 7.92. The molecule has 0 aliphatic rings. The number of rotatable bonds is 3. The van der Waals surface area contributed by atoms with E-state index >= 15 is 0 Å². The monoisotopic (exact) mass is 290 g/mol. The van der Waals surface area contributed by atoms with Crippen LogP contribution in [0.2, 0.25) is 0 Å². The van der Waals surface area contributed by atoms with Crippen LogP contribution in [0.3, 0.4) is 0 Å². The molecule has 0 unspecified atom stereocenters. The second kappa shape index (κ2) is 5.19. The molecule has 0 amide bonds. The maximum atomic E-state index is 4.50. The first-order chi connectivity index (χ1) is 10.4. The van der Waals surface area contributed by atoms with Gasteiger partial charge < -0.3 is 4.98 Å². The molecule has 0 fully saturated rings. The SMILES string of the molecule is c1ccc2cc(-c3cnc(Cc4ccsc4)[nH]3)ccc2c1. The van der Waals surface area contributed by atoms with Gasteiger partial charge in [-0.15, -0.1) is 0 Å². The van der Waals surface area contributed by atoms with Crippen molar-refractivity contribution in [2.75, 3.05) is 0 Å². The van der Waals surface area contributed by atoms with Gasteiger partial charge in [-0.3, -0.25) is 0 Å². The fourth-order valence-electron chi connectivity index (χ4n) is 2.54. The topological polar surface area (TPSA) is 28.7 Å². The third-order valence-electron chi connectivity index (χ3n) is 3.64. The zero-order valence-corrected chi connectivity index (χ0v) is 12.2.